The predicted octanol–water partition coefficient (Wildman–Crippen LogP) is 4.22. The number of benzene rings is 2. The van der Waals surface area contributed by atoms with Crippen molar-refractivity contribution in [2.45, 2.75) is 13.5 Å². The molecule has 118 valence electrons. The quantitative estimate of drug-likeness (QED) is 0.704. The molecule has 0 spiro atoms. The average molecular weight is 335 g/mol. The smallest absolute Gasteiger partial charge is 0.159 e. The van der Waals surface area contributed by atoms with Gasteiger partial charge in [-0.2, -0.15) is 0 Å². The molecule has 5 heteroatoms. The average Bonchev–Trinajstić information content (AvgIpc) is 2.88. The zero-order valence-electron chi connectivity index (χ0n) is 13.2. The van der Waals surface area contributed by atoms with Crippen LogP contribution in [0.1, 0.15) is 28.3 Å². The van der Waals surface area contributed by atoms with Crippen molar-refractivity contribution in [1.29, 1.82) is 0 Å². The first-order valence-electron chi connectivity index (χ1n) is 7.66. The summed E-state index contributed by atoms with van der Waals surface area (Å²) < 4.78 is 2.06. The van der Waals surface area contributed by atoms with Gasteiger partial charge in [-0.3, -0.25) is 9.56 Å². The fraction of sp³-hybridized carbons (Fsp3) is 0.105. The van der Waals surface area contributed by atoms with Gasteiger partial charge in [0.15, 0.2) is 5.82 Å². The van der Waals surface area contributed by atoms with Crippen LogP contribution in [0.25, 0.3) is 11.8 Å². The van der Waals surface area contributed by atoms with Crippen LogP contribution in [0, 0.1) is 6.92 Å². The molecule has 0 unspecified atom stereocenters. The number of hydrogen-bond acceptors (Lipinski definition) is 3. The second-order valence-corrected chi connectivity index (χ2v) is 6.09. The number of hydrogen-bond donors (Lipinski definition) is 0. The van der Waals surface area contributed by atoms with Crippen LogP contribution in [0.2, 0.25) is 5.02 Å². The molecule has 0 fully saturated rings. The van der Waals surface area contributed by atoms with E-state index in [9.17, 15) is 0 Å². The van der Waals surface area contributed by atoms with Crippen molar-refractivity contribution in [2.24, 2.45) is 4.99 Å². The molecule has 2 heterocycles. The summed E-state index contributed by atoms with van der Waals surface area (Å²) in [5.41, 5.74) is 5.07. The van der Waals surface area contributed by atoms with Gasteiger partial charge in [0, 0.05) is 16.1 Å². The van der Waals surface area contributed by atoms with Gasteiger partial charge in [-0.05, 0) is 36.8 Å². The van der Waals surface area contributed by atoms with Crippen molar-refractivity contribution in [3.63, 3.8) is 0 Å². The normalized spacial score (nSPS) is 12.8. The van der Waals surface area contributed by atoms with Crippen molar-refractivity contribution in [3.8, 4) is 5.69 Å². The molecule has 0 atom stereocenters. The summed E-state index contributed by atoms with van der Waals surface area (Å²) in [6.45, 7) is 6.31. The molecule has 0 radical (unpaired) electrons. The maximum atomic E-state index is 6.03. The Kier molecular flexibility index (Phi) is 3.54. The highest BCUT2D eigenvalue weighted by molar-refractivity contribution is 6.30. The van der Waals surface area contributed by atoms with Gasteiger partial charge in [0.25, 0.3) is 0 Å². The first-order chi connectivity index (χ1) is 11.7. The Bertz CT molecular complexity index is 968. The minimum atomic E-state index is 0.483. The van der Waals surface area contributed by atoms with Crippen molar-refractivity contribution < 1.29 is 0 Å². The number of aromatic nitrogens is 3. The lowest BCUT2D eigenvalue weighted by Gasteiger charge is -2.13. The van der Waals surface area contributed by atoms with E-state index in [2.05, 4.69) is 33.5 Å². The summed E-state index contributed by atoms with van der Waals surface area (Å²) in [6.07, 6.45) is 1.84. The molecule has 0 amide bonds. The molecule has 0 N–H and O–H groups in total. The number of nitrogens with zero attached hydrogens (tertiary/aromatic N) is 4. The van der Waals surface area contributed by atoms with Crippen LogP contribution in [0.4, 0.5) is 0 Å². The Balaban J connectivity index is 1.99. The number of halogens is 1. The van der Waals surface area contributed by atoms with Gasteiger partial charge in [-0.15, -0.1) is 10.2 Å². The van der Waals surface area contributed by atoms with Crippen molar-refractivity contribution in [2.75, 3.05) is 0 Å². The molecule has 1 aromatic heterocycles. The van der Waals surface area contributed by atoms with E-state index in [4.69, 9.17) is 16.6 Å². The van der Waals surface area contributed by atoms with E-state index in [1.807, 2.05) is 43.3 Å². The molecule has 0 saturated carbocycles. The van der Waals surface area contributed by atoms with Crippen molar-refractivity contribution in [1.82, 2.24) is 14.8 Å². The van der Waals surface area contributed by atoms with Crippen molar-refractivity contribution >= 4 is 23.4 Å². The fourth-order valence-electron chi connectivity index (χ4n) is 2.98. The van der Waals surface area contributed by atoms with Gasteiger partial charge in [-0.1, -0.05) is 42.5 Å². The lowest BCUT2D eigenvalue weighted by molar-refractivity contribution is 0.861. The third-order valence-corrected chi connectivity index (χ3v) is 4.39. The molecule has 4 nitrogen and oxygen atoms in total. The SMILES string of the molecule is C=Cc1ccc2c(c1)C(c1ccc(Cl)cc1)=NCc1nnc(C)n1-2. The van der Waals surface area contributed by atoms with Gasteiger partial charge in [-0.25, -0.2) is 0 Å². The molecular formula is C19H15ClN4. The van der Waals surface area contributed by atoms with E-state index in [0.717, 1.165) is 39.7 Å². The highest BCUT2D eigenvalue weighted by Crippen LogP contribution is 2.27. The second-order valence-electron chi connectivity index (χ2n) is 5.65. The summed E-state index contributed by atoms with van der Waals surface area (Å²) in [4.78, 5) is 4.81. The van der Waals surface area contributed by atoms with E-state index in [1.54, 1.807) is 0 Å². The predicted molar refractivity (Wildman–Crippen MR) is 97.0 cm³/mol. The van der Waals surface area contributed by atoms with Gasteiger partial charge in [0.2, 0.25) is 0 Å². The second kappa shape index (κ2) is 5.73. The first-order valence-corrected chi connectivity index (χ1v) is 8.03. The highest BCUT2D eigenvalue weighted by atomic mass is 35.5. The Morgan fingerprint density at radius 2 is 1.92 bits per heavy atom. The van der Waals surface area contributed by atoms with Crippen LogP contribution in [-0.4, -0.2) is 20.5 Å². The molecule has 0 bridgehead atoms. The first kappa shape index (κ1) is 14.8. The minimum absolute atomic E-state index is 0.483. The molecule has 0 saturated heterocycles. The maximum absolute atomic E-state index is 6.03. The maximum Gasteiger partial charge on any atom is 0.159 e. The largest absolute Gasteiger partial charge is 0.281 e. The van der Waals surface area contributed by atoms with Gasteiger partial charge in [0.05, 0.1) is 11.4 Å². The minimum Gasteiger partial charge on any atom is -0.281 e. The molecule has 24 heavy (non-hydrogen) atoms. The Morgan fingerprint density at radius 3 is 2.67 bits per heavy atom. The van der Waals surface area contributed by atoms with Crippen LogP contribution in [0.3, 0.4) is 0 Å². The number of aliphatic imine (C=N–C) groups is 1. The molecular weight excluding hydrogens is 320 g/mol. The van der Waals surface area contributed by atoms with Crippen LogP contribution in [-0.2, 0) is 6.54 Å². The monoisotopic (exact) mass is 334 g/mol. The summed E-state index contributed by atoms with van der Waals surface area (Å²) in [7, 11) is 0. The summed E-state index contributed by atoms with van der Waals surface area (Å²) in [5.74, 6) is 1.69. The third-order valence-electron chi connectivity index (χ3n) is 4.14. The number of aryl methyl sites for hydroxylation is 1. The zero-order chi connectivity index (χ0) is 16.7. The summed E-state index contributed by atoms with van der Waals surface area (Å²) in [5, 5.41) is 9.17. The topological polar surface area (TPSA) is 43.1 Å². The zero-order valence-corrected chi connectivity index (χ0v) is 14.0. The van der Waals surface area contributed by atoms with E-state index in [0.29, 0.717) is 11.6 Å². The van der Waals surface area contributed by atoms with Crippen LogP contribution in [0.15, 0.2) is 54.0 Å². The van der Waals surface area contributed by atoms with E-state index in [-0.39, 0.29) is 0 Å². The Morgan fingerprint density at radius 1 is 1.12 bits per heavy atom. The van der Waals surface area contributed by atoms with Gasteiger partial charge < -0.3 is 0 Å². The van der Waals surface area contributed by atoms with E-state index >= 15 is 0 Å². The third kappa shape index (κ3) is 2.36. The summed E-state index contributed by atoms with van der Waals surface area (Å²) in [6, 6.07) is 14.0. The molecule has 4 rings (SSSR count). The van der Waals surface area contributed by atoms with Crippen molar-refractivity contribution in [3.05, 3.63) is 82.4 Å². The molecule has 1 aliphatic rings. The van der Waals surface area contributed by atoms with Gasteiger partial charge in [0.1, 0.15) is 12.4 Å². The Hall–Kier alpha value is -2.72. The lowest BCUT2D eigenvalue weighted by atomic mass is 9.98. The lowest BCUT2D eigenvalue weighted by Crippen LogP contribution is -2.08. The van der Waals surface area contributed by atoms with E-state index in [1.165, 1.54) is 0 Å². The Labute approximate surface area is 145 Å². The molecule has 2 aromatic carbocycles. The number of rotatable bonds is 2. The molecule has 1 aliphatic heterocycles. The van der Waals surface area contributed by atoms with E-state index < -0.39 is 0 Å². The molecule has 0 aliphatic carbocycles. The van der Waals surface area contributed by atoms with Gasteiger partial charge >= 0.3 is 0 Å². The fourth-order valence-corrected chi connectivity index (χ4v) is 3.10. The standard InChI is InChI=1S/C19H15ClN4/c1-3-13-4-9-17-16(10-13)19(14-5-7-15(20)8-6-14)21-11-18-23-22-12(2)24(17)18/h3-10H,1,11H2,2H3. The van der Waals surface area contributed by atoms with Crippen LogP contribution < -0.4 is 0 Å². The molecule has 3 aromatic rings. The highest BCUT2D eigenvalue weighted by Gasteiger charge is 2.21. The summed E-state index contributed by atoms with van der Waals surface area (Å²) >= 11 is 6.03. The van der Waals surface area contributed by atoms with Crippen LogP contribution >= 0.6 is 11.6 Å². The number of fused-ring (bicyclic) bond motifs is 3. The van der Waals surface area contributed by atoms with Crippen LogP contribution in [0.5, 0.6) is 0 Å².